The summed E-state index contributed by atoms with van der Waals surface area (Å²) in [4.78, 5) is 112. The average molecular weight is 1190 g/mol. The number of alkyl halides is 1. The van der Waals surface area contributed by atoms with Crippen LogP contribution in [0.3, 0.4) is 0 Å². The maximum absolute atomic E-state index is 13.6. The molecule has 3 aliphatic heterocycles. The zero-order chi connectivity index (χ0) is 58.9. The van der Waals surface area contributed by atoms with Gasteiger partial charge in [0.1, 0.15) is 42.6 Å². The minimum Gasteiger partial charge on any atom is -0.459 e. The largest absolute Gasteiger partial charge is 0.459 e. The molecule has 444 valence electrons. The molecule has 1 spiro atoms. The van der Waals surface area contributed by atoms with Crippen LogP contribution in [0.1, 0.15) is 118 Å². The first kappa shape index (κ1) is 66.1. The van der Waals surface area contributed by atoms with Gasteiger partial charge in [-0.15, -0.1) is 0 Å². The lowest BCUT2D eigenvalue weighted by Gasteiger charge is -2.39. The lowest BCUT2D eigenvalue weighted by molar-refractivity contribution is -0.146. The van der Waals surface area contributed by atoms with Crippen molar-refractivity contribution in [3.63, 3.8) is 0 Å². The first-order valence-electron chi connectivity index (χ1n) is 27.2. The summed E-state index contributed by atoms with van der Waals surface area (Å²) in [5.41, 5.74) is 10.7. The van der Waals surface area contributed by atoms with E-state index in [0.29, 0.717) is 56.5 Å². The van der Waals surface area contributed by atoms with Crippen LogP contribution in [0.25, 0.3) is 0 Å². The van der Waals surface area contributed by atoms with Crippen molar-refractivity contribution in [1.29, 1.82) is 0 Å². The van der Waals surface area contributed by atoms with Gasteiger partial charge in [-0.05, 0) is 94.9 Å². The number of halogens is 1. The van der Waals surface area contributed by atoms with Crippen molar-refractivity contribution in [2.24, 2.45) is 17.6 Å². The number of benzene rings is 1. The van der Waals surface area contributed by atoms with Gasteiger partial charge < -0.3 is 66.4 Å². The molecule has 0 bridgehead atoms. The second-order valence-electron chi connectivity index (χ2n) is 20.9. The molecular weight excluding hydrogens is 1110 g/mol. The number of amides is 9. The predicted octanol–water partition coefficient (Wildman–Crippen LogP) is 3.40. The number of esters is 1. The lowest BCUT2D eigenvalue weighted by atomic mass is 9.87. The van der Waals surface area contributed by atoms with Crippen molar-refractivity contribution >= 4 is 75.2 Å². The van der Waals surface area contributed by atoms with Gasteiger partial charge in [-0.25, -0.2) is 15.0 Å². The van der Waals surface area contributed by atoms with E-state index >= 15 is 0 Å². The molecule has 0 aliphatic carbocycles. The fourth-order valence-corrected chi connectivity index (χ4v) is 9.25. The molecule has 1 aromatic carbocycles. The van der Waals surface area contributed by atoms with Crippen LogP contribution in [0, 0.1) is 11.8 Å². The van der Waals surface area contributed by atoms with Gasteiger partial charge in [-0.2, -0.15) is 0 Å². The highest BCUT2D eigenvalue weighted by molar-refractivity contribution is 9.09. The van der Waals surface area contributed by atoms with E-state index < -0.39 is 77.9 Å². The Hall–Kier alpha value is -6.41. The van der Waals surface area contributed by atoms with E-state index in [0.717, 1.165) is 5.57 Å². The standard InChI is InChI=1S/C55H82BrN9O15/c1-32(2)49(63-45(67)13-9-8-10-24-58-48(70)29-56)52(73)62-41(12-11-25-59-53(57)74)51(72)60-39-19-17-38(18-20-39)30-76-54(75)65-64-47(69)27-40-28-55(31-77-55)50(71)44(80-40)22-15-33(3)14-21-43-34(4)26-42(36(6)79-43)61-46(68)23-16-35(5)78-37(7)66/h14-20,22-23,32,34-36,40-44,49-50,71H,8-13,21,24-31H2,1-7H3,(H,58,70)(H,60,72)(H,61,68)(H,62,73)(H,63,67)(H,64,69)(H,65,75)(H3,57,59,74)/b22-15+,23-16-,33-14+/t34-,35-,36+,40+,41-,42+,43-,44+,49-,50+,55+/m0/s1. The number of hydrogen-bond acceptors (Lipinski definition) is 15. The van der Waals surface area contributed by atoms with Gasteiger partial charge >= 0.3 is 18.1 Å². The van der Waals surface area contributed by atoms with Crippen molar-refractivity contribution in [3.8, 4) is 0 Å². The van der Waals surface area contributed by atoms with E-state index in [1.165, 1.54) is 19.1 Å². The number of anilines is 1. The summed E-state index contributed by atoms with van der Waals surface area (Å²) < 4.78 is 28.5. The maximum Gasteiger partial charge on any atom is 0.426 e. The molecule has 0 aromatic heterocycles. The normalized spacial score (nSPS) is 23.7. The number of allylic oxidation sites excluding steroid dienone is 2. The number of urea groups is 1. The number of carbonyl (C=O) groups is 9. The molecule has 3 fully saturated rings. The Morgan fingerprint density at radius 3 is 2.25 bits per heavy atom. The molecule has 3 saturated heterocycles. The van der Waals surface area contributed by atoms with E-state index in [2.05, 4.69) is 65.6 Å². The molecule has 0 unspecified atom stereocenters. The monoisotopic (exact) mass is 1190 g/mol. The Morgan fingerprint density at radius 1 is 0.875 bits per heavy atom. The molecule has 25 heteroatoms. The molecule has 4 rings (SSSR count). The Kier molecular flexibility index (Phi) is 27.6. The highest BCUT2D eigenvalue weighted by Crippen LogP contribution is 2.43. The van der Waals surface area contributed by atoms with Crippen molar-refractivity contribution in [3.05, 3.63) is 65.8 Å². The van der Waals surface area contributed by atoms with E-state index in [4.69, 9.17) is 29.4 Å². The number of carbonyl (C=O) groups excluding carboxylic acids is 9. The SMILES string of the molecule is CC(=O)O[C@@H](C)/C=C\C(=O)N[C@@H]1C[C@H](C)[C@H](C/C=C(C)/C=C/[C@H]2O[C@H](CC(=O)NNC(=O)OCc3ccc(NC(=O)[C@H](CCCNC(N)=O)NC(=O)[C@@H](NC(=O)CCCCCNC(=O)CBr)C(C)C)cc3)C[C@@]3(CO3)[C@@H]2O)O[C@@H]1C. The van der Waals surface area contributed by atoms with Crippen LogP contribution in [0.4, 0.5) is 15.3 Å². The van der Waals surface area contributed by atoms with Crippen LogP contribution in [-0.2, 0) is 63.9 Å². The Labute approximate surface area is 476 Å². The minimum absolute atomic E-state index is 0.0987. The van der Waals surface area contributed by atoms with Gasteiger partial charge in [0.15, 0.2) is 0 Å². The van der Waals surface area contributed by atoms with Crippen LogP contribution >= 0.6 is 15.9 Å². The Morgan fingerprint density at radius 2 is 1.59 bits per heavy atom. The molecule has 0 radical (unpaired) electrons. The summed E-state index contributed by atoms with van der Waals surface area (Å²) in [6.45, 7) is 13.2. The number of aliphatic hydroxyl groups is 1. The molecule has 1 aromatic rings. The fourth-order valence-electron chi connectivity index (χ4n) is 9.05. The van der Waals surface area contributed by atoms with Crippen LogP contribution < -0.4 is 48.5 Å². The number of unbranched alkanes of at least 4 members (excludes halogenated alkanes) is 2. The average Bonchev–Trinajstić information content (AvgIpc) is 4.39. The number of hydrogen-bond donors (Lipinski definition) is 10. The Balaban J connectivity index is 1.21. The number of nitrogens with two attached hydrogens (primary N) is 1. The van der Waals surface area contributed by atoms with Crippen molar-refractivity contribution < 1.29 is 71.9 Å². The van der Waals surface area contributed by atoms with Gasteiger partial charge in [-0.3, -0.25) is 39.0 Å². The number of rotatable bonds is 29. The molecule has 11 N–H and O–H groups in total. The molecule has 3 aliphatic rings. The molecule has 3 heterocycles. The number of epoxide rings is 1. The van der Waals surface area contributed by atoms with Gasteiger partial charge in [0.05, 0.1) is 42.7 Å². The van der Waals surface area contributed by atoms with E-state index in [1.807, 2.05) is 26.0 Å². The smallest absolute Gasteiger partial charge is 0.426 e. The van der Waals surface area contributed by atoms with Crippen LogP contribution in [-0.4, -0.2) is 144 Å². The molecule has 24 nitrogen and oxygen atoms in total. The summed E-state index contributed by atoms with van der Waals surface area (Å²) in [6, 6.07) is 3.41. The van der Waals surface area contributed by atoms with Gasteiger partial charge in [0, 0.05) is 44.6 Å². The van der Waals surface area contributed by atoms with Crippen LogP contribution in [0.15, 0.2) is 60.2 Å². The highest BCUT2D eigenvalue weighted by Gasteiger charge is 2.58. The summed E-state index contributed by atoms with van der Waals surface area (Å²) in [5, 5.41) is 27.8. The summed E-state index contributed by atoms with van der Waals surface area (Å²) in [7, 11) is 0. The number of ether oxygens (including phenoxy) is 5. The Bertz CT molecular complexity index is 2370. The van der Waals surface area contributed by atoms with E-state index in [1.54, 1.807) is 51.1 Å². The molecule has 0 saturated carbocycles. The van der Waals surface area contributed by atoms with Crippen LogP contribution in [0.2, 0.25) is 0 Å². The van der Waals surface area contributed by atoms with Crippen LogP contribution in [0.5, 0.6) is 0 Å². The minimum atomic E-state index is -1.06. The van der Waals surface area contributed by atoms with Gasteiger partial charge in [-0.1, -0.05) is 79.1 Å². The van der Waals surface area contributed by atoms with Gasteiger partial charge in [0.2, 0.25) is 35.4 Å². The second kappa shape index (κ2) is 33.4. The van der Waals surface area contributed by atoms with Crippen molar-refractivity contribution in [1.82, 2.24) is 37.4 Å². The summed E-state index contributed by atoms with van der Waals surface area (Å²) in [6.07, 6.45) is 8.19. The van der Waals surface area contributed by atoms with Gasteiger partial charge in [0.25, 0.3) is 0 Å². The topological polar surface area (TPSA) is 346 Å². The first-order chi connectivity index (χ1) is 38.0. The fraction of sp³-hybridized carbons (Fsp3) is 0.618. The molecule has 9 amide bonds. The third kappa shape index (κ3) is 23.7. The highest BCUT2D eigenvalue weighted by atomic mass is 79.9. The number of aliphatic hydroxyl groups excluding tert-OH is 1. The third-order valence-corrected chi connectivity index (χ3v) is 14.1. The van der Waals surface area contributed by atoms with Crippen molar-refractivity contribution in [2.45, 2.75) is 180 Å². The zero-order valence-electron chi connectivity index (χ0n) is 46.8. The molecule has 80 heavy (non-hydrogen) atoms. The quantitative estimate of drug-likeness (QED) is 0.0105. The third-order valence-electron chi connectivity index (χ3n) is 13.6. The van der Waals surface area contributed by atoms with E-state index in [-0.39, 0.29) is 98.4 Å². The second-order valence-corrected chi connectivity index (χ2v) is 21.4. The summed E-state index contributed by atoms with van der Waals surface area (Å²) >= 11 is 3.09. The maximum atomic E-state index is 13.6. The zero-order valence-corrected chi connectivity index (χ0v) is 48.4. The number of primary amides is 1. The predicted molar refractivity (Wildman–Crippen MR) is 298 cm³/mol. The molecular formula is C55H82BrN9O15. The summed E-state index contributed by atoms with van der Waals surface area (Å²) in [5.74, 6) is -3.06. The van der Waals surface area contributed by atoms with Crippen molar-refractivity contribution in [2.75, 3.05) is 30.3 Å². The molecule has 11 atom stereocenters. The lowest BCUT2D eigenvalue weighted by Crippen LogP contribution is -2.54. The number of nitrogens with one attached hydrogen (secondary N) is 8. The number of hydrazine groups is 1. The van der Waals surface area contributed by atoms with E-state index in [9.17, 15) is 48.3 Å². The first-order valence-corrected chi connectivity index (χ1v) is 28.3.